The summed E-state index contributed by atoms with van der Waals surface area (Å²) in [5.74, 6) is 6.25. The fourth-order valence-corrected chi connectivity index (χ4v) is 7.29. The van der Waals surface area contributed by atoms with Crippen LogP contribution >= 0.6 is 11.3 Å². The van der Waals surface area contributed by atoms with Gasteiger partial charge in [0.1, 0.15) is 10.6 Å². The van der Waals surface area contributed by atoms with Crippen molar-refractivity contribution in [3.05, 3.63) is 108 Å². The van der Waals surface area contributed by atoms with Crippen LogP contribution in [0.1, 0.15) is 19.5 Å². The van der Waals surface area contributed by atoms with E-state index < -0.39 is 38.4 Å². The predicted molar refractivity (Wildman–Crippen MR) is 160 cm³/mol. The van der Waals surface area contributed by atoms with E-state index in [1.54, 1.807) is 12.1 Å². The number of benzene rings is 2. The molecular weight excluding hydrogens is 742 g/mol. The number of nitrogens with zero attached hydrogens (tertiary/aromatic N) is 3. The molecule has 4 heterocycles. The van der Waals surface area contributed by atoms with Gasteiger partial charge in [-0.2, -0.15) is 11.3 Å². The number of fused-ring (bicyclic) bond motifs is 3. The summed E-state index contributed by atoms with van der Waals surface area (Å²) in [7, 11) is 0. The molecule has 2 aromatic carbocycles. The molecule has 0 atom stereocenters. The predicted octanol–water partition coefficient (Wildman–Crippen LogP) is 8.16. The van der Waals surface area contributed by atoms with Gasteiger partial charge in [0.15, 0.2) is 0 Å². The molecule has 4 aromatic heterocycles. The molecule has 0 spiro atoms. The van der Waals surface area contributed by atoms with Crippen LogP contribution < -0.4 is 4.40 Å². The summed E-state index contributed by atoms with van der Waals surface area (Å²) < 4.78 is 61.2. The molecule has 6 aromatic rings. The van der Waals surface area contributed by atoms with Gasteiger partial charge in [0.2, 0.25) is 0 Å². The Morgan fingerprint density at radius 3 is 2.41 bits per heavy atom. The summed E-state index contributed by atoms with van der Waals surface area (Å²) in [6.45, 7) is -4.92. The monoisotopic (exact) mass is 778 g/mol. The first-order valence-electron chi connectivity index (χ1n) is 15.0. The van der Waals surface area contributed by atoms with Crippen LogP contribution in [0.3, 0.4) is 0 Å². The van der Waals surface area contributed by atoms with E-state index in [9.17, 15) is 4.39 Å². The van der Waals surface area contributed by atoms with Gasteiger partial charge in [0, 0.05) is 34.0 Å². The topological polar surface area (TPSA) is 38.7 Å². The summed E-state index contributed by atoms with van der Waals surface area (Å²) in [4.78, 5) is 13.4. The number of hydrogen-bond acceptors (Lipinski definition) is 4. The van der Waals surface area contributed by atoms with Crippen molar-refractivity contribution in [2.75, 3.05) is 0 Å². The summed E-state index contributed by atoms with van der Waals surface area (Å²) >= 11 is -0.452. The minimum Gasteiger partial charge on any atom is 0 e. The maximum atomic E-state index is 13.9. The van der Waals surface area contributed by atoms with Gasteiger partial charge >= 0.3 is 99.8 Å². The van der Waals surface area contributed by atoms with Crippen LogP contribution in [0, 0.1) is 31.7 Å². The summed E-state index contributed by atoms with van der Waals surface area (Å²) in [5.41, 5.74) is 2.46. The number of rotatable bonds is 3. The Morgan fingerprint density at radius 1 is 0.872 bits per heavy atom. The van der Waals surface area contributed by atoms with Crippen LogP contribution in [0.25, 0.3) is 42.8 Å². The quantitative estimate of drug-likeness (QED) is 0.135. The second-order valence-corrected chi connectivity index (χ2v) is 21.4. The van der Waals surface area contributed by atoms with Gasteiger partial charge in [0.05, 0.1) is 6.20 Å². The first-order chi connectivity index (χ1) is 20.6. The Balaban J connectivity index is 0.000000231. The van der Waals surface area contributed by atoms with Crippen LogP contribution in [-0.2, 0) is 20.1 Å². The third-order valence-electron chi connectivity index (χ3n) is 6.02. The molecule has 0 amide bonds. The van der Waals surface area contributed by atoms with Gasteiger partial charge < -0.3 is 4.98 Å². The zero-order valence-electron chi connectivity index (χ0n) is 27.5. The molecule has 0 N–H and O–H groups in total. The maximum Gasteiger partial charge on any atom is 0 e. The SMILES string of the molecule is [2H]C([2H])([2H])c1ccc2c(n1)sc1c(-c3cc(C([2H])([2H])[2H])c(F)cn3)[c-]ccc12.[CH3][Ge]([CH3])([CH3])[c]1ccc(-c2[c-]cccc2)nc1.[Ir]. The average Bonchev–Trinajstić information content (AvgIpc) is 3.35. The summed E-state index contributed by atoms with van der Waals surface area (Å²) in [6.07, 6.45) is 2.93. The third-order valence-corrected chi connectivity index (χ3v) is 11.4. The van der Waals surface area contributed by atoms with Crippen LogP contribution in [0.4, 0.5) is 4.39 Å². The van der Waals surface area contributed by atoms with E-state index >= 15 is 0 Å². The first kappa shape index (κ1) is 22.0. The van der Waals surface area contributed by atoms with Gasteiger partial charge in [-0.3, -0.25) is 0 Å². The molecule has 199 valence electrons. The second kappa shape index (κ2) is 12.2. The molecule has 0 aliphatic carbocycles. The van der Waals surface area contributed by atoms with Crippen molar-refractivity contribution in [2.45, 2.75) is 31.0 Å². The average molecular weight is 777 g/mol. The van der Waals surface area contributed by atoms with E-state index in [2.05, 4.69) is 56.5 Å². The molecule has 0 aliphatic rings. The van der Waals surface area contributed by atoms with Gasteiger partial charge in [-0.05, 0) is 41.1 Å². The van der Waals surface area contributed by atoms with Crippen molar-refractivity contribution >= 4 is 49.3 Å². The Morgan fingerprint density at radius 2 is 1.72 bits per heavy atom. The molecule has 0 saturated heterocycles. The molecule has 0 bridgehead atoms. The van der Waals surface area contributed by atoms with Crippen LogP contribution in [0.15, 0.2) is 79.1 Å². The number of aryl methyl sites for hydroxylation is 2. The fraction of sp³-hybridized carbons (Fsp3) is 0.156. The molecule has 0 unspecified atom stereocenters. The van der Waals surface area contributed by atoms with Gasteiger partial charge in [-0.15, -0.1) is 23.8 Å². The first-order valence-corrected chi connectivity index (χ1v) is 20.1. The fourth-order valence-electron chi connectivity index (χ4n) is 3.94. The van der Waals surface area contributed by atoms with Crippen molar-refractivity contribution in [1.82, 2.24) is 15.0 Å². The minimum atomic E-state index is -2.61. The number of halogens is 1. The molecule has 6 rings (SSSR count). The number of aromatic nitrogens is 3. The van der Waals surface area contributed by atoms with E-state index in [4.69, 9.17) is 8.22 Å². The standard InChI is InChI=1S/C18H12FN2S.C14H16GeN.Ir/c1-10-8-16(20-9-15(10)19)14-5-3-4-12-13-7-6-11(2)21-18(13)22-17(12)14;1-15(2,3)13-9-10-14(16-11-13)12-7-5-4-6-8-12;/h3-4,6-9H,1-2H3;4-7,9-11H,1-3H3;/q2*-1;/i1D3,2D3;;. The molecule has 3 nitrogen and oxygen atoms in total. The van der Waals surface area contributed by atoms with Crippen molar-refractivity contribution < 1.29 is 32.7 Å². The van der Waals surface area contributed by atoms with E-state index in [1.807, 2.05) is 36.5 Å². The summed E-state index contributed by atoms with van der Waals surface area (Å²) in [6, 6.07) is 26.4. The molecule has 1 radical (unpaired) electrons. The maximum absolute atomic E-state index is 13.9. The number of thiophene rings is 1. The molecule has 39 heavy (non-hydrogen) atoms. The molecule has 0 fully saturated rings. The Hall–Kier alpha value is -2.77. The third kappa shape index (κ3) is 6.52. The number of pyridine rings is 3. The van der Waals surface area contributed by atoms with E-state index in [0.717, 1.165) is 32.9 Å². The van der Waals surface area contributed by atoms with Gasteiger partial charge in [-0.1, -0.05) is 17.5 Å². The van der Waals surface area contributed by atoms with E-state index in [-0.39, 0.29) is 31.5 Å². The second-order valence-electron chi connectivity index (χ2n) is 9.75. The molecule has 7 heteroatoms. The zero-order valence-corrected chi connectivity index (χ0v) is 26.8. The van der Waals surface area contributed by atoms with E-state index in [0.29, 0.717) is 10.4 Å². The van der Waals surface area contributed by atoms with Gasteiger partial charge in [-0.25, -0.2) is 9.37 Å². The zero-order chi connectivity index (χ0) is 31.9. The summed E-state index contributed by atoms with van der Waals surface area (Å²) in [5, 5.41) is 1.60. The smallest absolute Gasteiger partial charge is 0 e. The van der Waals surface area contributed by atoms with Gasteiger partial charge in [0.25, 0.3) is 0 Å². The van der Waals surface area contributed by atoms with Crippen LogP contribution in [0.5, 0.6) is 0 Å². The van der Waals surface area contributed by atoms with Crippen molar-refractivity contribution in [3.63, 3.8) is 0 Å². The Bertz CT molecular complexity index is 1940. The number of hydrogen-bond donors (Lipinski definition) is 0. The van der Waals surface area contributed by atoms with Crippen LogP contribution in [-0.4, -0.2) is 28.2 Å². The minimum absolute atomic E-state index is 0. The molecule has 0 saturated carbocycles. The van der Waals surface area contributed by atoms with E-state index in [1.165, 1.54) is 27.9 Å². The largest absolute Gasteiger partial charge is 0 e. The van der Waals surface area contributed by atoms with Crippen molar-refractivity contribution in [2.24, 2.45) is 0 Å². The van der Waals surface area contributed by atoms with Crippen molar-refractivity contribution in [1.29, 1.82) is 0 Å². The Labute approximate surface area is 257 Å². The molecule has 0 aliphatic heterocycles. The molecular formula is C32H28FGeIrN3S-2. The Kier molecular flexibility index (Phi) is 6.86. The normalized spacial score (nSPS) is 14.1. The van der Waals surface area contributed by atoms with Crippen LogP contribution in [0.2, 0.25) is 17.3 Å². The van der Waals surface area contributed by atoms with Crippen molar-refractivity contribution in [3.8, 4) is 22.5 Å².